The molecule has 1 saturated heterocycles. The molecule has 0 aromatic carbocycles. The number of likely N-dealkylation sites (tertiary alicyclic amines) is 1. The Hall–Kier alpha value is -0.610. The van der Waals surface area contributed by atoms with Crippen molar-refractivity contribution < 1.29 is 14.6 Å². The quantitative estimate of drug-likeness (QED) is 0.743. The highest BCUT2D eigenvalue weighted by molar-refractivity contribution is 5.66. The summed E-state index contributed by atoms with van der Waals surface area (Å²) in [7, 11) is 1.73. The third-order valence-electron chi connectivity index (χ3n) is 3.68. The molecule has 0 aromatic heterocycles. The number of rotatable bonds is 7. The number of nitrogens with zero attached hydrogens (tertiary/aromatic N) is 1. The second kappa shape index (κ2) is 7.67. The van der Waals surface area contributed by atoms with Crippen LogP contribution in [0.2, 0.25) is 0 Å². The zero-order chi connectivity index (χ0) is 12.7. The summed E-state index contributed by atoms with van der Waals surface area (Å²) in [6.07, 6.45) is 4.57. The molecule has 0 aliphatic carbocycles. The molecule has 1 heterocycles. The number of ether oxygens (including phenoxy) is 1. The summed E-state index contributed by atoms with van der Waals surface area (Å²) < 4.78 is 5.10. The van der Waals surface area contributed by atoms with Crippen LogP contribution < -0.4 is 0 Å². The Morgan fingerprint density at radius 2 is 2.35 bits per heavy atom. The van der Waals surface area contributed by atoms with Gasteiger partial charge >= 0.3 is 5.97 Å². The van der Waals surface area contributed by atoms with Crippen molar-refractivity contribution in [2.45, 2.75) is 45.1 Å². The summed E-state index contributed by atoms with van der Waals surface area (Å²) in [5.41, 5.74) is 0. The van der Waals surface area contributed by atoms with Crippen molar-refractivity contribution in [3.05, 3.63) is 0 Å². The first-order valence-electron chi connectivity index (χ1n) is 6.58. The average molecular weight is 243 g/mol. The van der Waals surface area contributed by atoms with E-state index in [2.05, 4.69) is 11.8 Å². The first-order valence-corrected chi connectivity index (χ1v) is 6.58. The molecule has 0 aromatic rings. The molecule has 1 fully saturated rings. The summed E-state index contributed by atoms with van der Waals surface area (Å²) in [5.74, 6) is -0.112. The van der Waals surface area contributed by atoms with Gasteiger partial charge in [0.1, 0.15) is 0 Å². The van der Waals surface area contributed by atoms with Gasteiger partial charge in [0.2, 0.25) is 0 Å². The molecule has 0 spiro atoms. The van der Waals surface area contributed by atoms with E-state index in [-0.39, 0.29) is 0 Å². The van der Waals surface area contributed by atoms with Crippen LogP contribution in [-0.2, 0) is 9.53 Å². The maximum Gasteiger partial charge on any atom is 0.303 e. The molecule has 1 N–H and O–H groups in total. The second-order valence-corrected chi connectivity index (χ2v) is 5.07. The average Bonchev–Trinajstić information content (AvgIpc) is 2.33. The van der Waals surface area contributed by atoms with Gasteiger partial charge in [-0.3, -0.25) is 4.79 Å². The molecule has 0 amide bonds. The number of hydrogen-bond donors (Lipinski definition) is 1. The lowest BCUT2D eigenvalue weighted by Gasteiger charge is -2.36. The van der Waals surface area contributed by atoms with Gasteiger partial charge in [0.05, 0.1) is 0 Å². The lowest BCUT2D eigenvalue weighted by molar-refractivity contribution is -0.137. The Balaban J connectivity index is 2.29. The van der Waals surface area contributed by atoms with Crippen LogP contribution in [0.5, 0.6) is 0 Å². The summed E-state index contributed by atoms with van der Waals surface area (Å²) in [4.78, 5) is 13.0. The van der Waals surface area contributed by atoms with E-state index in [1.54, 1.807) is 7.11 Å². The highest BCUT2D eigenvalue weighted by Crippen LogP contribution is 2.23. The molecule has 17 heavy (non-hydrogen) atoms. The first-order chi connectivity index (χ1) is 8.13. The number of hydrogen-bond acceptors (Lipinski definition) is 3. The number of carbonyl (C=O) groups is 1. The predicted molar refractivity (Wildman–Crippen MR) is 67.1 cm³/mol. The lowest BCUT2D eigenvalue weighted by atomic mass is 9.92. The fourth-order valence-electron chi connectivity index (χ4n) is 2.53. The lowest BCUT2D eigenvalue weighted by Crippen LogP contribution is -2.41. The van der Waals surface area contributed by atoms with Crippen LogP contribution in [-0.4, -0.2) is 48.8 Å². The van der Waals surface area contributed by atoms with Gasteiger partial charge in [0.25, 0.3) is 0 Å². The van der Waals surface area contributed by atoms with Gasteiger partial charge in [-0.2, -0.15) is 0 Å². The molecule has 2 unspecified atom stereocenters. The highest BCUT2D eigenvalue weighted by Gasteiger charge is 2.23. The van der Waals surface area contributed by atoms with Gasteiger partial charge in [0.15, 0.2) is 0 Å². The number of methoxy groups -OCH3 is 1. The Kier molecular flexibility index (Phi) is 6.52. The molecule has 100 valence electrons. The highest BCUT2D eigenvalue weighted by atomic mass is 16.5. The van der Waals surface area contributed by atoms with Crippen LogP contribution in [0.1, 0.15) is 39.0 Å². The van der Waals surface area contributed by atoms with E-state index >= 15 is 0 Å². The van der Waals surface area contributed by atoms with E-state index in [4.69, 9.17) is 9.84 Å². The van der Waals surface area contributed by atoms with Gasteiger partial charge in [-0.1, -0.05) is 0 Å². The molecule has 4 heteroatoms. The SMILES string of the molecule is COCCC(C)N1CCCC(CCC(=O)O)C1. The molecule has 0 radical (unpaired) electrons. The first kappa shape index (κ1) is 14.5. The minimum absolute atomic E-state index is 0.310. The third kappa shape index (κ3) is 5.50. The molecular weight excluding hydrogens is 218 g/mol. The number of aliphatic carboxylic acids is 1. The van der Waals surface area contributed by atoms with Crippen molar-refractivity contribution in [1.29, 1.82) is 0 Å². The third-order valence-corrected chi connectivity index (χ3v) is 3.68. The zero-order valence-electron chi connectivity index (χ0n) is 11.0. The Morgan fingerprint density at radius 3 is 3.00 bits per heavy atom. The van der Waals surface area contributed by atoms with Crippen LogP contribution in [0, 0.1) is 5.92 Å². The van der Waals surface area contributed by atoms with Crippen molar-refractivity contribution in [3.63, 3.8) is 0 Å². The van der Waals surface area contributed by atoms with E-state index < -0.39 is 5.97 Å². The molecular formula is C13H25NO3. The molecule has 4 nitrogen and oxygen atoms in total. The van der Waals surface area contributed by atoms with Crippen LogP contribution >= 0.6 is 0 Å². The minimum atomic E-state index is -0.672. The van der Waals surface area contributed by atoms with Gasteiger partial charge in [-0.25, -0.2) is 0 Å². The standard InChI is InChI=1S/C13H25NO3/c1-11(7-9-17-2)14-8-3-4-12(10-14)5-6-13(15)16/h11-12H,3-10H2,1-2H3,(H,15,16). The monoisotopic (exact) mass is 243 g/mol. The molecule has 0 bridgehead atoms. The summed E-state index contributed by atoms with van der Waals surface area (Å²) >= 11 is 0. The van der Waals surface area contributed by atoms with Crippen LogP contribution in [0.3, 0.4) is 0 Å². The Bertz CT molecular complexity index is 233. The van der Waals surface area contributed by atoms with E-state index in [1.165, 1.54) is 12.8 Å². The normalized spacial score (nSPS) is 23.5. The maximum atomic E-state index is 10.6. The number of carboxylic acids is 1. The molecule has 2 atom stereocenters. The fraction of sp³-hybridized carbons (Fsp3) is 0.923. The van der Waals surface area contributed by atoms with Crippen molar-refractivity contribution in [2.75, 3.05) is 26.8 Å². The largest absolute Gasteiger partial charge is 0.481 e. The summed E-state index contributed by atoms with van der Waals surface area (Å²) in [5, 5.41) is 8.71. The van der Waals surface area contributed by atoms with Crippen molar-refractivity contribution in [3.8, 4) is 0 Å². The predicted octanol–water partition coefficient (Wildman–Crippen LogP) is 1.99. The molecule has 1 rings (SSSR count). The van der Waals surface area contributed by atoms with E-state index in [9.17, 15) is 4.79 Å². The van der Waals surface area contributed by atoms with Gasteiger partial charge in [-0.05, 0) is 45.1 Å². The second-order valence-electron chi connectivity index (χ2n) is 5.07. The van der Waals surface area contributed by atoms with E-state index in [0.717, 1.165) is 32.5 Å². The van der Waals surface area contributed by atoms with Crippen LogP contribution in [0.4, 0.5) is 0 Å². The minimum Gasteiger partial charge on any atom is -0.481 e. The van der Waals surface area contributed by atoms with Gasteiger partial charge in [0, 0.05) is 32.7 Å². The van der Waals surface area contributed by atoms with Crippen LogP contribution in [0.25, 0.3) is 0 Å². The van der Waals surface area contributed by atoms with Gasteiger partial charge < -0.3 is 14.7 Å². The molecule has 0 saturated carbocycles. The topological polar surface area (TPSA) is 49.8 Å². The zero-order valence-corrected chi connectivity index (χ0v) is 11.0. The fourth-order valence-corrected chi connectivity index (χ4v) is 2.53. The summed E-state index contributed by atoms with van der Waals surface area (Å²) in [6, 6.07) is 0.544. The van der Waals surface area contributed by atoms with Crippen molar-refractivity contribution >= 4 is 5.97 Å². The number of carboxylic acid groups (broad SMARTS) is 1. The van der Waals surface area contributed by atoms with E-state index in [1.807, 2.05) is 0 Å². The Morgan fingerprint density at radius 1 is 1.59 bits per heavy atom. The summed E-state index contributed by atoms with van der Waals surface area (Å²) in [6.45, 7) is 5.24. The van der Waals surface area contributed by atoms with Crippen molar-refractivity contribution in [1.82, 2.24) is 4.90 Å². The number of piperidine rings is 1. The Labute approximate surface area is 104 Å². The van der Waals surface area contributed by atoms with Crippen LogP contribution in [0.15, 0.2) is 0 Å². The smallest absolute Gasteiger partial charge is 0.303 e. The molecule has 1 aliphatic heterocycles. The van der Waals surface area contributed by atoms with Gasteiger partial charge in [-0.15, -0.1) is 0 Å². The molecule has 1 aliphatic rings. The van der Waals surface area contributed by atoms with E-state index in [0.29, 0.717) is 18.4 Å². The maximum absolute atomic E-state index is 10.6. The van der Waals surface area contributed by atoms with Crippen molar-refractivity contribution in [2.24, 2.45) is 5.92 Å².